The minimum Gasteiger partial charge on any atom is -0.468 e. The highest BCUT2D eigenvalue weighted by molar-refractivity contribution is 5.60. The zero-order chi connectivity index (χ0) is 19.1. The first-order valence-corrected chi connectivity index (χ1v) is 9.17. The van der Waals surface area contributed by atoms with Crippen molar-refractivity contribution in [3.8, 4) is 17.3 Å². The van der Waals surface area contributed by atoms with E-state index in [0.29, 0.717) is 34.7 Å². The Morgan fingerprint density at radius 3 is 2.75 bits per heavy atom. The van der Waals surface area contributed by atoms with Crippen LogP contribution in [0.4, 0.5) is 4.39 Å². The summed E-state index contributed by atoms with van der Waals surface area (Å²) >= 11 is 0. The van der Waals surface area contributed by atoms with Crippen molar-refractivity contribution < 1.29 is 9.13 Å². The third kappa shape index (κ3) is 2.79. The molecule has 0 aliphatic heterocycles. The molecule has 8 nitrogen and oxygen atoms in total. The van der Waals surface area contributed by atoms with Gasteiger partial charge >= 0.3 is 0 Å². The van der Waals surface area contributed by atoms with Gasteiger partial charge in [0.05, 0.1) is 5.56 Å². The molecule has 28 heavy (non-hydrogen) atoms. The number of ether oxygens (including phenoxy) is 1. The summed E-state index contributed by atoms with van der Waals surface area (Å²) in [5.41, 5.74) is 1.93. The van der Waals surface area contributed by atoms with Gasteiger partial charge < -0.3 is 9.30 Å². The fraction of sp³-hybridized carbons (Fsp3) is 0.316. The number of fused-ring (bicyclic) bond motifs is 1. The van der Waals surface area contributed by atoms with Crippen LogP contribution in [0.1, 0.15) is 36.6 Å². The number of aromatic nitrogens is 7. The van der Waals surface area contributed by atoms with Crippen molar-refractivity contribution in [1.29, 1.82) is 0 Å². The van der Waals surface area contributed by atoms with Gasteiger partial charge in [0.2, 0.25) is 5.88 Å². The van der Waals surface area contributed by atoms with Crippen LogP contribution in [0.25, 0.3) is 17.0 Å². The van der Waals surface area contributed by atoms with Gasteiger partial charge in [0, 0.05) is 12.6 Å². The fourth-order valence-corrected chi connectivity index (χ4v) is 3.33. The van der Waals surface area contributed by atoms with E-state index in [1.165, 1.54) is 17.0 Å². The normalized spacial score (nSPS) is 14.4. The molecule has 1 aliphatic carbocycles. The maximum Gasteiger partial charge on any atom is 0.235 e. The SMILES string of the molecule is Cn1cnnc1COc1nn2c(-c3ccccc3F)nnc2cc1C1CCC1. The van der Waals surface area contributed by atoms with Crippen LogP contribution in [0.2, 0.25) is 0 Å². The molecule has 4 aromatic rings. The molecule has 0 atom stereocenters. The van der Waals surface area contributed by atoms with E-state index in [-0.39, 0.29) is 12.4 Å². The molecule has 1 fully saturated rings. The van der Waals surface area contributed by atoms with Gasteiger partial charge in [0.15, 0.2) is 17.3 Å². The van der Waals surface area contributed by atoms with Crippen LogP contribution in [-0.2, 0) is 13.7 Å². The molecule has 3 aromatic heterocycles. The lowest BCUT2D eigenvalue weighted by atomic mass is 9.80. The molecule has 0 radical (unpaired) electrons. The molecule has 0 spiro atoms. The van der Waals surface area contributed by atoms with Gasteiger partial charge in [-0.15, -0.1) is 25.5 Å². The molecule has 0 saturated heterocycles. The summed E-state index contributed by atoms with van der Waals surface area (Å²) in [6, 6.07) is 8.39. The minimum atomic E-state index is -0.372. The Hall–Kier alpha value is -3.36. The summed E-state index contributed by atoms with van der Waals surface area (Å²) < 4.78 is 23.6. The van der Waals surface area contributed by atoms with Crippen molar-refractivity contribution in [3.63, 3.8) is 0 Å². The zero-order valence-corrected chi connectivity index (χ0v) is 15.3. The second-order valence-corrected chi connectivity index (χ2v) is 6.95. The van der Waals surface area contributed by atoms with Crippen LogP contribution in [0.15, 0.2) is 36.7 Å². The Kier molecular flexibility index (Phi) is 4.00. The molecule has 3 heterocycles. The minimum absolute atomic E-state index is 0.242. The maximum absolute atomic E-state index is 14.3. The molecule has 1 aromatic carbocycles. The number of rotatable bonds is 5. The van der Waals surface area contributed by atoms with Gasteiger partial charge in [0.1, 0.15) is 18.8 Å². The highest BCUT2D eigenvalue weighted by atomic mass is 19.1. The predicted molar refractivity (Wildman–Crippen MR) is 98.1 cm³/mol. The number of nitrogens with zero attached hydrogens (tertiary/aromatic N) is 7. The largest absolute Gasteiger partial charge is 0.468 e. The van der Waals surface area contributed by atoms with E-state index in [4.69, 9.17) is 4.74 Å². The number of benzene rings is 1. The number of hydrogen-bond donors (Lipinski definition) is 0. The van der Waals surface area contributed by atoms with E-state index in [2.05, 4.69) is 25.5 Å². The van der Waals surface area contributed by atoms with Gasteiger partial charge in [0.25, 0.3) is 0 Å². The van der Waals surface area contributed by atoms with Crippen molar-refractivity contribution >= 4 is 5.65 Å². The smallest absolute Gasteiger partial charge is 0.235 e. The van der Waals surface area contributed by atoms with Crippen LogP contribution in [0, 0.1) is 5.82 Å². The number of hydrogen-bond acceptors (Lipinski definition) is 6. The van der Waals surface area contributed by atoms with Gasteiger partial charge in [-0.3, -0.25) is 0 Å². The van der Waals surface area contributed by atoms with E-state index in [1.807, 2.05) is 13.1 Å². The third-order valence-electron chi connectivity index (χ3n) is 5.19. The Bertz CT molecular complexity index is 1150. The van der Waals surface area contributed by atoms with Gasteiger partial charge in [-0.2, -0.15) is 4.52 Å². The Labute approximate surface area is 160 Å². The Morgan fingerprint density at radius 2 is 2.04 bits per heavy atom. The van der Waals surface area contributed by atoms with E-state index in [1.54, 1.807) is 29.1 Å². The lowest BCUT2D eigenvalue weighted by molar-refractivity contribution is 0.265. The quantitative estimate of drug-likeness (QED) is 0.530. The molecule has 142 valence electrons. The van der Waals surface area contributed by atoms with Crippen molar-refractivity contribution in [2.75, 3.05) is 0 Å². The first-order chi connectivity index (χ1) is 13.7. The summed E-state index contributed by atoms with van der Waals surface area (Å²) in [5, 5.41) is 20.9. The lowest BCUT2D eigenvalue weighted by Crippen LogP contribution is -2.14. The predicted octanol–water partition coefficient (Wildman–Crippen LogP) is 2.91. The second kappa shape index (κ2) is 6.66. The summed E-state index contributed by atoms with van der Waals surface area (Å²) in [6.07, 6.45) is 4.99. The highest BCUT2D eigenvalue weighted by Crippen LogP contribution is 2.40. The molecular weight excluding hydrogens is 361 g/mol. The average molecular weight is 379 g/mol. The van der Waals surface area contributed by atoms with Gasteiger partial charge in [-0.05, 0) is 37.0 Å². The molecular formula is C19H18FN7O. The van der Waals surface area contributed by atoms with Crippen LogP contribution in [0.3, 0.4) is 0 Å². The lowest BCUT2D eigenvalue weighted by Gasteiger charge is -2.26. The highest BCUT2D eigenvalue weighted by Gasteiger charge is 2.26. The van der Waals surface area contributed by atoms with Crippen LogP contribution >= 0.6 is 0 Å². The standard InChI is InChI=1S/C19H18FN7O/c1-26-11-21-22-17(26)10-28-19-14(12-5-4-6-12)9-16-23-24-18(27(16)25-19)13-7-2-3-8-15(13)20/h2-3,7-9,11-12H,4-6,10H2,1H3. The molecule has 1 saturated carbocycles. The summed E-state index contributed by atoms with van der Waals surface area (Å²) in [6.45, 7) is 0.242. The van der Waals surface area contributed by atoms with E-state index < -0.39 is 0 Å². The number of halogens is 1. The topological polar surface area (TPSA) is 83.0 Å². The molecule has 1 aliphatic rings. The second-order valence-electron chi connectivity index (χ2n) is 6.95. The first-order valence-electron chi connectivity index (χ1n) is 9.17. The maximum atomic E-state index is 14.3. The van der Waals surface area contributed by atoms with Crippen molar-refractivity contribution in [1.82, 2.24) is 34.6 Å². The van der Waals surface area contributed by atoms with Crippen molar-refractivity contribution in [2.45, 2.75) is 31.8 Å². The first kappa shape index (κ1) is 16.8. The third-order valence-corrected chi connectivity index (χ3v) is 5.19. The summed E-state index contributed by atoms with van der Waals surface area (Å²) in [5.74, 6) is 1.55. The van der Waals surface area contributed by atoms with Crippen LogP contribution in [0.5, 0.6) is 5.88 Å². The molecule has 0 bridgehead atoms. The molecule has 5 rings (SSSR count). The Balaban J connectivity index is 1.58. The van der Waals surface area contributed by atoms with E-state index in [0.717, 1.165) is 18.4 Å². The van der Waals surface area contributed by atoms with E-state index >= 15 is 0 Å². The van der Waals surface area contributed by atoms with Crippen molar-refractivity contribution in [2.24, 2.45) is 7.05 Å². The van der Waals surface area contributed by atoms with Gasteiger partial charge in [-0.1, -0.05) is 18.6 Å². The van der Waals surface area contributed by atoms with E-state index in [9.17, 15) is 4.39 Å². The van der Waals surface area contributed by atoms with Crippen LogP contribution < -0.4 is 4.74 Å². The summed E-state index contributed by atoms with van der Waals surface area (Å²) in [7, 11) is 1.86. The van der Waals surface area contributed by atoms with Crippen molar-refractivity contribution in [3.05, 3.63) is 53.9 Å². The monoisotopic (exact) mass is 379 g/mol. The van der Waals surface area contributed by atoms with Gasteiger partial charge in [-0.25, -0.2) is 4.39 Å². The fourth-order valence-electron chi connectivity index (χ4n) is 3.33. The zero-order valence-electron chi connectivity index (χ0n) is 15.3. The molecule has 0 N–H and O–H groups in total. The number of aryl methyl sites for hydroxylation is 1. The summed E-state index contributed by atoms with van der Waals surface area (Å²) in [4.78, 5) is 0. The average Bonchev–Trinajstić information content (AvgIpc) is 3.24. The van der Waals surface area contributed by atoms with Crippen LogP contribution in [-0.4, -0.2) is 34.6 Å². The molecule has 9 heteroatoms. The Morgan fingerprint density at radius 1 is 1.18 bits per heavy atom. The molecule has 0 amide bonds. The molecule has 0 unspecified atom stereocenters.